The quantitative estimate of drug-likeness (QED) is 0.863. The highest BCUT2D eigenvalue weighted by Gasteiger charge is 2.22. The van der Waals surface area contributed by atoms with Gasteiger partial charge in [0.2, 0.25) is 5.91 Å². The molecule has 1 aliphatic heterocycles. The van der Waals surface area contributed by atoms with Crippen molar-refractivity contribution in [1.82, 2.24) is 10.2 Å². The number of carbonyl (C=O) groups is 2. The van der Waals surface area contributed by atoms with Crippen molar-refractivity contribution in [2.45, 2.75) is 25.9 Å². The summed E-state index contributed by atoms with van der Waals surface area (Å²) in [6.07, 6.45) is 0.609. The van der Waals surface area contributed by atoms with Crippen LogP contribution in [0.2, 0.25) is 5.02 Å². The number of aliphatic hydroxyl groups is 1. The number of aryl methyl sites for hydroxylation is 1. The first-order valence-electron chi connectivity index (χ1n) is 6.97. The largest absolute Gasteiger partial charge is 0.389 e. The molecule has 6 heteroatoms. The van der Waals surface area contributed by atoms with Gasteiger partial charge in [-0.15, -0.1) is 0 Å². The summed E-state index contributed by atoms with van der Waals surface area (Å²) in [6, 6.07) is 5.06. The zero-order valence-corrected chi connectivity index (χ0v) is 12.7. The minimum Gasteiger partial charge on any atom is -0.389 e. The Labute approximate surface area is 128 Å². The molecule has 1 aliphatic rings. The molecule has 0 aromatic heterocycles. The lowest BCUT2D eigenvalue weighted by Crippen LogP contribution is -2.40. The van der Waals surface area contributed by atoms with Crippen molar-refractivity contribution in [3.63, 3.8) is 0 Å². The lowest BCUT2D eigenvalue weighted by Gasteiger charge is -2.20. The van der Waals surface area contributed by atoms with E-state index in [0.29, 0.717) is 23.6 Å². The summed E-state index contributed by atoms with van der Waals surface area (Å²) >= 11 is 5.98. The Bertz CT molecular complexity index is 548. The predicted molar refractivity (Wildman–Crippen MR) is 80.3 cm³/mol. The number of hydrogen-bond donors (Lipinski definition) is 2. The normalized spacial score (nSPS) is 16.1. The van der Waals surface area contributed by atoms with Gasteiger partial charge in [-0.25, -0.2) is 0 Å². The number of likely N-dealkylation sites (tertiary alicyclic amines) is 1. The van der Waals surface area contributed by atoms with E-state index in [1.54, 1.807) is 23.1 Å². The number of hydrogen-bond acceptors (Lipinski definition) is 3. The van der Waals surface area contributed by atoms with Crippen LogP contribution in [0.1, 0.15) is 28.8 Å². The maximum absolute atomic E-state index is 12.0. The molecule has 2 N–H and O–H groups in total. The minimum atomic E-state index is -0.767. The zero-order valence-electron chi connectivity index (χ0n) is 11.9. The van der Waals surface area contributed by atoms with Gasteiger partial charge < -0.3 is 15.3 Å². The van der Waals surface area contributed by atoms with Crippen LogP contribution in [0.5, 0.6) is 0 Å². The molecule has 1 saturated heterocycles. The van der Waals surface area contributed by atoms with Crippen LogP contribution in [-0.4, -0.2) is 47.6 Å². The van der Waals surface area contributed by atoms with Gasteiger partial charge in [0.15, 0.2) is 0 Å². The number of β-amino-alcohol motifs (C(OH)–C–C–N with tert-alkyl or cyclic N) is 1. The Kier molecular flexibility index (Phi) is 5.20. The van der Waals surface area contributed by atoms with Gasteiger partial charge in [0.25, 0.3) is 5.91 Å². The molecule has 0 spiro atoms. The van der Waals surface area contributed by atoms with Crippen LogP contribution in [0.25, 0.3) is 0 Å². The third-order valence-electron chi connectivity index (χ3n) is 3.53. The highest BCUT2D eigenvalue weighted by atomic mass is 35.5. The highest BCUT2D eigenvalue weighted by molar-refractivity contribution is 6.31. The first kappa shape index (κ1) is 15.8. The molecule has 0 radical (unpaired) electrons. The predicted octanol–water partition coefficient (Wildman–Crippen LogP) is 1.36. The first-order chi connectivity index (χ1) is 9.97. The SMILES string of the molecule is Cc1ccc(C(=O)NC[C@@H](O)CN2CCCC2=O)cc1Cl. The van der Waals surface area contributed by atoms with E-state index in [1.165, 1.54) is 0 Å². The summed E-state index contributed by atoms with van der Waals surface area (Å²) in [6.45, 7) is 2.90. The van der Waals surface area contributed by atoms with Crippen LogP contribution in [-0.2, 0) is 4.79 Å². The summed E-state index contributed by atoms with van der Waals surface area (Å²) in [7, 11) is 0. The first-order valence-corrected chi connectivity index (χ1v) is 7.35. The van der Waals surface area contributed by atoms with Crippen molar-refractivity contribution in [2.75, 3.05) is 19.6 Å². The summed E-state index contributed by atoms with van der Waals surface area (Å²) < 4.78 is 0. The minimum absolute atomic E-state index is 0.0608. The highest BCUT2D eigenvalue weighted by Crippen LogP contribution is 2.16. The molecule has 1 heterocycles. The molecular formula is C15H19ClN2O3. The van der Waals surface area contributed by atoms with Gasteiger partial charge in [-0.3, -0.25) is 9.59 Å². The Hall–Kier alpha value is -1.59. The van der Waals surface area contributed by atoms with Crippen molar-refractivity contribution < 1.29 is 14.7 Å². The lowest BCUT2D eigenvalue weighted by molar-refractivity contribution is -0.128. The molecule has 1 aromatic carbocycles. The standard InChI is InChI=1S/C15H19ClN2O3/c1-10-4-5-11(7-13(10)16)15(21)17-8-12(19)9-18-6-2-3-14(18)20/h4-5,7,12,19H,2-3,6,8-9H2,1H3,(H,17,21)/t12-/m1/s1. The number of rotatable bonds is 5. The van der Waals surface area contributed by atoms with E-state index in [2.05, 4.69) is 5.32 Å². The fourth-order valence-corrected chi connectivity index (χ4v) is 2.44. The number of amides is 2. The van der Waals surface area contributed by atoms with E-state index in [-0.39, 0.29) is 24.9 Å². The molecule has 1 fully saturated rings. The maximum atomic E-state index is 12.0. The van der Waals surface area contributed by atoms with E-state index >= 15 is 0 Å². The second-order valence-corrected chi connectivity index (χ2v) is 5.68. The maximum Gasteiger partial charge on any atom is 0.251 e. The van der Waals surface area contributed by atoms with E-state index in [4.69, 9.17) is 11.6 Å². The third kappa shape index (κ3) is 4.19. The Morgan fingerprint density at radius 1 is 1.52 bits per heavy atom. The fraction of sp³-hybridized carbons (Fsp3) is 0.467. The number of carbonyl (C=O) groups excluding carboxylic acids is 2. The summed E-state index contributed by atoms with van der Waals surface area (Å²) in [4.78, 5) is 25.0. The van der Waals surface area contributed by atoms with E-state index in [1.807, 2.05) is 6.92 Å². The Balaban J connectivity index is 1.82. The van der Waals surface area contributed by atoms with Crippen molar-refractivity contribution in [2.24, 2.45) is 0 Å². The molecule has 0 saturated carbocycles. The molecule has 2 rings (SSSR count). The topological polar surface area (TPSA) is 69.6 Å². The fourth-order valence-electron chi connectivity index (χ4n) is 2.26. The van der Waals surface area contributed by atoms with Gasteiger partial charge in [0.1, 0.15) is 0 Å². The van der Waals surface area contributed by atoms with Gasteiger partial charge in [-0.05, 0) is 31.0 Å². The molecule has 0 bridgehead atoms. The van der Waals surface area contributed by atoms with Crippen molar-refractivity contribution in [3.8, 4) is 0 Å². The van der Waals surface area contributed by atoms with E-state index in [9.17, 15) is 14.7 Å². The summed E-state index contributed by atoms with van der Waals surface area (Å²) in [5.41, 5.74) is 1.36. The molecule has 2 amide bonds. The number of nitrogens with one attached hydrogen (secondary N) is 1. The van der Waals surface area contributed by atoms with Gasteiger partial charge in [-0.2, -0.15) is 0 Å². The number of halogens is 1. The molecular weight excluding hydrogens is 292 g/mol. The van der Waals surface area contributed by atoms with E-state index < -0.39 is 6.10 Å². The van der Waals surface area contributed by atoms with E-state index in [0.717, 1.165) is 12.0 Å². The molecule has 5 nitrogen and oxygen atoms in total. The monoisotopic (exact) mass is 310 g/mol. The van der Waals surface area contributed by atoms with Crippen LogP contribution in [0.3, 0.4) is 0 Å². The molecule has 114 valence electrons. The molecule has 1 atom stereocenters. The lowest BCUT2D eigenvalue weighted by atomic mass is 10.1. The zero-order chi connectivity index (χ0) is 15.4. The van der Waals surface area contributed by atoms with Gasteiger partial charge >= 0.3 is 0 Å². The van der Waals surface area contributed by atoms with Gasteiger partial charge in [-0.1, -0.05) is 17.7 Å². The Morgan fingerprint density at radius 3 is 2.90 bits per heavy atom. The molecule has 0 aliphatic carbocycles. The van der Waals surface area contributed by atoms with Crippen molar-refractivity contribution in [1.29, 1.82) is 0 Å². The molecule has 21 heavy (non-hydrogen) atoms. The van der Waals surface area contributed by atoms with Gasteiger partial charge in [0.05, 0.1) is 6.10 Å². The number of aliphatic hydroxyl groups excluding tert-OH is 1. The van der Waals surface area contributed by atoms with Crippen LogP contribution in [0.4, 0.5) is 0 Å². The molecule has 0 unspecified atom stereocenters. The Morgan fingerprint density at radius 2 is 2.29 bits per heavy atom. The average Bonchev–Trinajstić information content (AvgIpc) is 2.84. The number of nitrogens with zero attached hydrogens (tertiary/aromatic N) is 1. The number of benzene rings is 1. The summed E-state index contributed by atoms with van der Waals surface area (Å²) in [5, 5.41) is 13.1. The third-order valence-corrected chi connectivity index (χ3v) is 3.94. The van der Waals surface area contributed by atoms with Crippen LogP contribution >= 0.6 is 11.6 Å². The second kappa shape index (κ2) is 6.91. The van der Waals surface area contributed by atoms with Crippen LogP contribution < -0.4 is 5.32 Å². The van der Waals surface area contributed by atoms with Gasteiger partial charge in [0, 0.05) is 36.6 Å². The summed E-state index contributed by atoms with van der Waals surface area (Å²) in [5.74, 6) is -0.227. The van der Waals surface area contributed by atoms with Crippen molar-refractivity contribution in [3.05, 3.63) is 34.3 Å². The van der Waals surface area contributed by atoms with Crippen LogP contribution in [0, 0.1) is 6.92 Å². The average molecular weight is 311 g/mol. The smallest absolute Gasteiger partial charge is 0.251 e. The second-order valence-electron chi connectivity index (χ2n) is 5.27. The molecule has 1 aromatic rings. The van der Waals surface area contributed by atoms with Crippen LogP contribution in [0.15, 0.2) is 18.2 Å². The van der Waals surface area contributed by atoms with Crippen molar-refractivity contribution >= 4 is 23.4 Å².